The number of aliphatic hydroxyl groups excluding tert-OH is 1. The summed E-state index contributed by atoms with van der Waals surface area (Å²) in [7, 11) is 0. The average Bonchev–Trinajstić information content (AvgIpc) is 2.89. The predicted octanol–water partition coefficient (Wildman–Crippen LogP) is 5.43. The molecule has 0 bridgehead atoms. The number of carbonyl (C=O) groups is 2. The van der Waals surface area contributed by atoms with E-state index >= 15 is 0 Å². The van der Waals surface area contributed by atoms with Gasteiger partial charge in [0.1, 0.15) is 0 Å². The Hall–Kier alpha value is -2.30. The molecule has 1 amide bonds. The van der Waals surface area contributed by atoms with Crippen LogP contribution in [-0.2, 0) is 9.59 Å². The Morgan fingerprint density at radius 2 is 1.70 bits per heavy atom. The van der Waals surface area contributed by atoms with Crippen molar-refractivity contribution in [1.82, 2.24) is 0 Å². The summed E-state index contributed by atoms with van der Waals surface area (Å²) in [4.78, 5) is 27.1. The molecule has 3 rings (SSSR count). The molecule has 1 heterocycles. The van der Waals surface area contributed by atoms with Crippen LogP contribution in [0.5, 0.6) is 0 Å². The fraction of sp³-hybridized carbons (Fsp3) is 0.238. The summed E-state index contributed by atoms with van der Waals surface area (Å²) >= 11 is 12.2. The molecule has 27 heavy (non-hydrogen) atoms. The average molecular weight is 404 g/mol. The fourth-order valence-electron chi connectivity index (χ4n) is 3.14. The van der Waals surface area contributed by atoms with Crippen molar-refractivity contribution in [1.29, 1.82) is 0 Å². The van der Waals surface area contributed by atoms with E-state index in [1.807, 2.05) is 19.1 Å². The maximum Gasteiger partial charge on any atom is 0.294 e. The van der Waals surface area contributed by atoms with Crippen LogP contribution in [-0.4, -0.2) is 16.8 Å². The summed E-state index contributed by atoms with van der Waals surface area (Å²) < 4.78 is 0. The quantitative estimate of drug-likeness (QED) is 0.740. The maximum absolute atomic E-state index is 12.9. The minimum atomic E-state index is -0.773. The van der Waals surface area contributed by atoms with Gasteiger partial charge < -0.3 is 5.11 Å². The number of benzene rings is 2. The number of anilines is 1. The zero-order valence-corrected chi connectivity index (χ0v) is 16.7. The molecule has 2 aromatic carbocycles. The Bertz CT molecular complexity index is 948. The molecule has 140 valence electrons. The third kappa shape index (κ3) is 3.47. The first kappa shape index (κ1) is 19.5. The summed E-state index contributed by atoms with van der Waals surface area (Å²) in [5.74, 6) is -1.80. The fourth-order valence-corrected chi connectivity index (χ4v) is 3.44. The van der Waals surface area contributed by atoms with E-state index < -0.39 is 17.7 Å². The number of Topliss-reactive ketones (excluding diaryl/α,β-unsaturated/α-hetero) is 1. The Labute approximate surface area is 168 Å². The van der Waals surface area contributed by atoms with Crippen LogP contribution < -0.4 is 4.90 Å². The lowest BCUT2D eigenvalue weighted by molar-refractivity contribution is -0.119. The number of aliphatic hydroxyl groups is 1. The summed E-state index contributed by atoms with van der Waals surface area (Å²) in [6, 6.07) is 11.5. The highest BCUT2D eigenvalue weighted by Gasteiger charge is 2.44. The van der Waals surface area contributed by atoms with Crippen LogP contribution in [0, 0.1) is 12.8 Å². The number of aryl methyl sites for hydroxylation is 1. The van der Waals surface area contributed by atoms with Gasteiger partial charge in [-0.3, -0.25) is 14.5 Å². The minimum Gasteiger partial charge on any atom is -0.503 e. The number of hydrogen-bond acceptors (Lipinski definition) is 3. The summed E-state index contributed by atoms with van der Waals surface area (Å²) in [5.41, 5.74) is 2.30. The van der Waals surface area contributed by atoms with Gasteiger partial charge in [0.05, 0.1) is 21.7 Å². The summed E-state index contributed by atoms with van der Waals surface area (Å²) in [6.07, 6.45) is 0. The van der Waals surface area contributed by atoms with Gasteiger partial charge in [-0.25, -0.2) is 0 Å². The van der Waals surface area contributed by atoms with Crippen LogP contribution >= 0.6 is 23.2 Å². The van der Waals surface area contributed by atoms with Gasteiger partial charge in [0.15, 0.2) is 11.5 Å². The molecule has 6 heteroatoms. The highest BCUT2D eigenvalue weighted by atomic mass is 35.5. The van der Waals surface area contributed by atoms with Gasteiger partial charge in [-0.2, -0.15) is 0 Å². The number of amides is 1. The molecule has 0 spiro atoms. The second kappa shape index (κ2) is 7.37. The number of nitrogens with zero attached hydrogens (tertiary/aromatic N) is 1. The van der Waals surface area contributed by atoms with Crippen molar-refractivity contribution in [3.8, 4) is 0 Å². The van der Waals surface area contributed by atoms with E-state index in [1.165, 1.54) is 4.90 Å². The van der Waals surface area contributed by atoms with E-state index in [-0.39, 0.29) is 17.3 Å². The van der Waals surface area contributed by atoms with Crippen LogP contribution in [0.3, 0.4) is 0 Å². The van der Waals surface area contributed by atoms with Crippen LogP contribution in [0.1, 0.15) is 31.0 Å². The third-order valence-electron chi connectivity index (χ3n) is 4.57. The van der Waals surface area contributed by atoms with Crippen molar-refractivity contribution in [3.63, 3.8) is 0 Å². The van der Waals surface area contributed by atoms with Crippen molar-refractivity contribution >= 4 is 40.6 Å². The Balaban J connectivity index is 2.20. The lowest BCUT2D eigenvalue weighted by atomic mass is 9.91. The van der Waals surface area contributed by atoms with Crippen LogP contribution in [0.15, 0.2) is 53.8 Å². The number of carbonyl (C=O) groups excluding carboxylic acids is 2. The van der Waals surface area contributed by atoms with Gasteiger partial charge in [0.25, 0.3) is 5.91 Å². The lowest BCUT2D eigenvalue weighted by Gasteiger charge is -2.27. The first-order chi connectivity index (χ1) is 12.7. The van der Waals surface area contributed by atoms with Gasteiger partial charge in [-0.1, -0.05) is 60.8 Å². The molecular weight excluding hydrogens is 385 g/mol. The van der Waals surface area contributed by atoms with Crippen molar-refractivity contribution in [2.75, 3.05) is 4.90 Å². The first-order valence-corrected chi connectivity index (χ1v) is 9.30. The molecule has 1 N–H and O–H groups in total. The SMILES string of the molecule is Cc1ccc(N2C(=O)C(O)=C(C(=O)C(C)C)C2c2ccc(Cl)c(Cl)c2)cc1. The third-order valence-corrected chi connectivity index (χ3v) is 5.31. The summed E-state index contributed by atoms with van der Waals surface area (Å²) in [5, 5.41) is 11.2. The van der Waals surface area contributed by atoms with Crippen molar-refractivity contribution in [2.45, 2.75) is 26.8 Å². The smallest absolute Gasteiger partial charge is 0.294 e. The van der Waals surface area contributed by atoms with Crippen LogP contribution in [0.2, 0.25) is 10.0 Å². The number of ketones is 1. The van der Waals surface area contributed by atoms with Crippen LogP contribution in [0.4, 0.5) is 5.69 Å². The molecule has 1 aliphatic heterocycles. The molecule has 2 aromatic rings. The second-order valence-electron chi connectivity index (χ2n) is 6.87. The molecule has 1 aliphatic rings. The van der Waals surface area contributed by atoms with E-state index in [2.05, 4.69) is 0 Å². The molecule has 0 fully saturated rings. The van der Waals surface area contributed by atoms with Gasteiger partial charge in [-0.15, -0.1) is 0 Å². The molecule has 0 saturated carbocycles. The summed E-state index contributed by atoms with van der Waals surface area (Å²) in [6.45, 7) is 5.40. The molecule has 0 aliphatic carbocycles. The highest BCUT2D eigenvalue weighted by Crippen LogP contribution is 2.43. The van der Waals surface area contributed by atoms with E-state index in [0.29, 0.717) is 21.3 Å². The lowest BCUT2D eigenvalue weighted by Crippen LogP contribution is -2.31. The topological polar surface area (TPSA) is 57.6 Å². The van der Waals surface area contributed by atoms with Crippen LogP contribution in [0.25, 0.3) is 0 Å². The normalized spacial score (nSPS) is 17.2. The van der Waals surface area contributed by atoms with Gasteiger partial charge in [0, 0.05) is 11.6 Å². The van der Waals surface area contributed by atoms with Crippen molar-refractivity contribution in [2.24, 2.45) is 5.92 Å². The number of halogens is 2. The van der Waals surface area contributed by atoms with E-state index in [9.17, 15) is 14.7 Å². The van der Waals surface area contributed by atoms with Gasteiger partial charge in [-0.05, 0) is 36.8 Å². The van der Waals surface area contributed by atoms with Crippen molar-refractivity contribution < 1.29 is 14.7 Å². The predicted molar refractivity (Wildman–Crippen MR) is 107 cm³/mol. The monoisotopic (exact) mass is 403 g/mol. The maximum atomic E-state index is 12.9. The molecular formula is C21H19Cl2NO3. The standard InChI is InChI=1S/C21H19Cl2NO3/c1-11(2)19(25)17-18(13-6-9-15(22)16(23)10-13)24(21(27)20(17)26)14-7-4-12(3)5-8-14/h4-11,18,26H,1-3H3. The van der Waals surface area contributed by atoms with E-state index in [1.54, 1.807) is 44.2 Å². The second-order valence-corrected chi connectivity index (χ2v) is 7.68. The minimum absolute atomic E-state index is 0.0777. The number of rotatable bonds is 4. The Morgan fingerprint density at radius 1 is 1.07 bits per heavy atom. The highest BCUT2D eigenvalue weighted by molar-refractivity contribution is 6.42. The number of hydrogen-bond donors (Lipinski definition) is 1. The largest absolute Gasteiger partial charge is 0.503 e. The molecule has 0 aromatic heterocycles. The Kier molecular flexibility index (Phi) is 5.31. The first-order valence-electron chi connectivity index (χ1n) is 8.55. The molecule has 1 atom stereocenters. The zero-order valence-electron chi connectivity index (χ0n) is 15.2. The van der Waals surface area contributed by atoms with Gasteiger partial charge >= 0.3 is 0 Å². The van der Waals surface area contributed by atoms with E-state index in [0.717, 1.165) is 5.56 Å². The van der Waals surface area contributed by atoms with E-state index in [4.69, 9.17) is 23.2 Å². The zero-order chi connectivity index (χ0) is 19.9. The van der Waals surface area contributed by atoms with Crippen molar-refractivity contribution in [3.05, 3.63) is 75.0 Å². The van der Waals surface area contributed by atoms with Gasteiger partial charge in [0.2, 0.25) is 0 Å². The molecule has 0 saturated heterocycles. The molecule has 1 unspecified atom stereocenters. The molecule has 0 radical (unpaired) electrons. The Morgan fingerprint density at radius 3 is 2.26 bits per heavy atom. The molecule has 4 nitrogen and oxygen atoms in total.